The number of imidazole rings is 1. The number of H-pyrrole nitrogens is 1. The predicted octanol–water partition coefficient (Wildman–Crippen LogP) is 2.41. The molecule has 0 saturated heterocycles. The van der Waals surface area contributed by atoms with E-state index in [1.165, 1.54) is 6.07 Å². The van der Waals surface area contributed by atoms with Crippen molar-refractivity contribution in [2.24, 2.45) is 0 Å². The van der Waals surface area contributed by atoms with Crippen molar-refractivity contribution in [2.45, 2.75) is 13.0 Å². The van der Waals surface area contributed by atoms with E-state index < -0.39 is 0 Å². The zero-order valence-corrected chi connectivity index (χ0v) is 11.7. The van der Waals surface area contributed by atoms with Crippen molar-refractivity contribution in [3.05, 3.63) is 56.6 Å². The van der Waals surface area contributed by atoms with Crippen LogP contribution in [0.25, 0.3) is 0 Å². The summed E-state index contributed by atoms with van der Waals surface area (Å²) in [5, 5.41) is 14.1. The van der Waals surface area contributed by atoms with Crippen LogP contribution in [0.4, 0.5) is 5.69 Å². The van der Waals surface area contributed by atoms with Crippen molar-refractivity contribution in [2.75, 3.05) is 6.54 Å². The summed E-state index contributed by atoms with van der Waals surface area (Å²) >= 11 is 3.32. The minimum absolute atomic E-state index is 0.133. The summed E-state index contributed by atoms with van der Waals surface area (Å²) in [4.78, 5) is 17.7. The Balaban J connectivity index is 1.91. The molecule has 0 fully saturated rings. The van der Waals surface area contributed by atoms with Gasteiger partial charge in [0.2, 0.25) is 0 Å². The summed E-state index contributed by atoms with van der Waals surface area (Å²) in [6, 6.07) is 4.94. The predicted molar refractivity (Wildman–Crippen MR) is 74.8 cm³/mol. The highest BCUT2D eigenvalue weighted by Crippen LogP contribution is 2.22. The van der Waals surface area contributed by atoms with Crippen LogP contribution in [0, 0.1) is 10.1 Å². The largest absolute Gasteiger partial charge is 0.349 e. The van der Waals surface area contributed by atoms with Gasteiger partial charge in [0.25, 0.3) is 5.69 Å². The van der Waals surface area contributed by atoms with Gasteiger partial charge in [0.1, 0.15) is 5.82 Å². The van der Waals surface area contributed by atoms with Crippen LogP contribution in [0.3, 0.4) is 0 Å². The van der Waals surface area contributed by atoms with Crippen molar-refractivity contribution >= 4 is 21.6 Å². The van der Waals surface area contributed by atoms with E-state index in [-0.39, 0.29) is 10.6 Å². The Kier molecular flexibility index (Phi) is 4.64. The Hall–Kier alpha value is -1.73. The molecule has 6 nitrogen and oxygen atoms in total. The van der Waals surface area contributed by atoms with E-state index >= 15 is 0 Å². The van der Waals surface area contributed by atoms with Gasteiger partial charge in [0.05, 0.1) is 4.92 Å². The molecule has 0 radical (unpaired) electrons. The van der Waals surface area contributed by atoms with Gasteiger partial charge in [-0.05, 0) is 12.1 Å². The zero-order chi connectivity index (χ0) is 13.7. The van der Waals surface area contributed by atoms with Gasteiger partial charge in [-0.25, -0.2) is 4.98 Å². The average molecular weight is 325 g/mol. The van der Waals surface area contributed by atoms with Gasteiger partial charge in [0.15, 0.2) is 0 Å². The molecule has 0 bridgehead atoms. The summed E-state index contributed by atoms with van der Waals surface area (Å²) < 4.78 is 0.834. The first-order chi connectivity index (χ1) is 9.16. The number of aromatic nitrogens is 2. The third-order valence-electron chi connectivity index (χ3n) is 2.65. The van der Waals surface area contributed by atoms with Crippen molar-refractivity contribution in [3.8, 4) is 0 Å². The molecule has 0 aliphatic carbocycles. The Morgan fingerprint density at radius 3 is 3.00 bits per heavy atom. The summed E-state index contributed by atoms with van der Waals surface area (Å²) in [6.07, 6.45) is 4.23. The van der Waals surface area contributed by atoms with E-state index in [0.717, 1.165) is 16.7 Å². The number of nitrogens with one attached hydrogen (secondary N) is 2. The lowest BCUT2D eigenvalue weighted by molar-refractivity contribution is -0.385. The quantitative estimate of drug-likeness (QED) is 0.485. The van der Waals surface area contributed by atoms with Crippen LogP contribution in [-0.2, 0) is 13.0 Å². The van der Waals surface area contributed by atoms with Gasteiger partial charge in [0, 0.05) is 48.0 Å². The fraction of sp³-hybridized carbons (Fsp3) is 0.250. The summed E-state index contributed by atoms with van der Waals surface area (Å²) in [7, 11) is 0. The Bertz CT molecular complexity index is 557. The second-order valence-corrected chi connectivity index (χ2v) is 4.91. The lowest BCUT2D eigenvalue weighted by Crippen LogP contribution is -2.18. The van der Waals surface area contributed by atoms with Gasteiger partial charge in [-0.15, -0.1) is 0 Å². The number of aromatic amines is 1. The molecule has 1 heterocycles. The van der Waals surface area contributed by atoms with E-state index in [1.807, 2.05) is 0 Å². The Labute approximate surface area is 118 Å². The first kappa shape index (κ1) is 13.7. The molecular weight excluding hydrogens is 312 g/mol. The lowest BCUT2D eigenvalue weighted by Gasteiger charge is -2.05. The molecule has 2 aromatic rings. The van der Waals surface area contributed by atoms with E-state index in [9.17, 15) is 10.1 Å². The van der Waals surface area contributed by atoms with E-state index in [0.29, 0.717) is 18.7 Å². The lowest BCUT2D eigenvalue weighted by atomic mass is 10.2. The van der Waals surface area contributed by atoms with Crippen LogP contribution >= 0.6 is 15.9 Å². The molecule has 1 aromatic heterocycles. The van der Waals surface area contributed by atoms with Crippen molar-refractivity contribution < 1.29 is 4.92 Å². The summed E-state index contributed by atoms with van der Waals surface area (Å²) in [5.41, 5.74) is 0.799. The first-order valence-corrected chi connectivity index (χ1v) is 6.58. The molecule has 2 rings (SSSR count). The molecule has 2 N–H and O–H groups in total. The molecule has 1 aromatic carbocycles. The molecule has 0 spiro atoms. The molecular formula is C12H13BrN4O2. The van der Waals surface area contributed by atoms with Crippen molar-refractivity contribution in [1.82, 2.24) is 15.3 Å². The number of nitro benzene ring substituents is 1. The first-order valence-electron chi connectivity index (χ1n) is 5.78. The van der Waals surface area contributed by atoms with Crippen LogP contribution < -0.4 is 5.32 Å². The number of rotatable bonds is 6. The SMILES string of the molecule is O=[N+]([O-])c1ccc(Br)cc1CNCCc1ncc[nH]1. The van der Waals surface area contributed by atoms with E-state index in [4.69, 9.17) is 0 Å². The normalized spacial score (nSPS) is 10.6. The topological polar surface area (TPSA) is 83.8 Å². The second-order valence-electron chi connectivity index (χ2n) is 3.99. The second kappa shape index (κ2) is 6.44. The number of halogens is 1. The van der Waals surface area contributed by atoms with Crippen molar-refractivity contribution in [3.63, 3.8) is 0 Å². The maximum atomic E-state index is 10.9. The number of nitro groups is 1. The number of hydrogen-bond acceptors (Lipinski definition) is 4. The number of benzene rings is 1. The molecule has 0 aliphatic heterocycles. The molecule has 0 saturated carbocycles. The van der Waals surface area contributed by atoms with Gasteiger partial charge < -0.3 is 10.3 Å². The fourth-order valence-corrected chi connectivity index (χ4v) is 2.15. The van der Waals surface area contributed by atoms with Gasteiger partial charge in [-0.2, -0.15) is 0 Å². The maximum absolute atomic E-state index is 10.9. The van der Waals surface area contributed by atoms with Crippen LogP contribution in [0.15, 0.2) is 35.1 Å². The fourth-order valence-electron chi connectivity index (χ4n) is 1.74. The molecule has 0 aliphatic rings. The van der Waals surface area contributed by atoms with Crippen LogP contribution in [0.5, 0.6) is 0 Å². The standard InChI is InChI=1S/C12H13BrN4O2/c13-10-1-2-11(17(18)19)9(7-10)8-14-4-3-12-15-5-6-16-12/h1-2,5-7,14H,3-4,8H2,(H,15,16). The highest BCUT2D eigenvalue weighted by molar-refractivity contribution is 9.10. The van der Waals surface area contributed by atoms with Crippen LogP contribution in [0.1, 0.15) is 11.4 Å². The van der Waals surface area contributed by atoms with Gasteiger partial charge >= 0.3 is 0 Å². The summed E-state index contributed by atoms with van der Waals surface area (Å²) in [5.74, 6) is 0.899. The monoisotopic (exact) mass is 324 g/mol. The van der Waals surface area contributed by atoms with E-state index in [1.54, 1.807) is 24.5 Å². The Morgan fingerprint density at radius 1 is 1.47 bits per heavy atom. The van der Waals surface area contributed by atoms with Crippen LogP contribution in [0.2, 0.25) is 0 Å². The van der Waals surface area contributed by atoms with Crippen LogP contribution in [-0.4, -0.2) is 21.4 Å². The summed E-state index contributed by atoms with van der Waals surface area (Å²) in [6.45, 7) is 1.16. The third-order valence-corrected chi connectivity index (χ3v) is 3.14. The maximum Gasteiger partial charge on any atom is 0.273 e. The molecule has 0 unspecified atom stereocenters. The van der Waals surface area contributed by atoms with Crippen molar-refractivity contribution in [1.29, 1.82) is 0 Å². The minimum Gasteiger partial charge on any atom is -0.349 e. The minimum atomic E-state index is -0.365. The van der Waals surface area contributed by atoms with Gasteiger partial charge in [-0.1, -0.05) is 15.9 Å². The smallest absolute Gasteiger partial charge is 0.273 e. The number of hydrogen-bond donors (Lipinski definition) is 2. The third kappa shape index (κ3) is 3.87. The van der Waals surface area contributed by atoms with Gasteiger partial charge in [-0.3, -0.25) is 10.1 Å². The number of nitrogens with zero attached hydrogens (tertiary/aromatic N) is 2. The molecule has 19 heavy (non-hydrogen) atoms. The molecule has 0 atom stereocenters. The molecule has 100 valence electrons. The average Bonchev–Trinajstić information content (AvgIpc) is 2.87. The van der Waals surface area contributed by atoms with E-state index in [2.05, 4.69) is 31.2 Å². The Morgan fingerprint density at radius 2 is 2.32 bits per heavy atom. The highest BCUT2D eigenvalue weighted by Gasteiger charge is 2.13. The molecule has 0 amide bonds. The highest BCUT2D eigenvalue weighted by atomic mass is 79.9. The molecule has 7 heteroatoms. The zero-order valence-electron chi connectivity index (χ0n) is 10.1.